The molecule has 0 radical (unpaired) electrons. The van der Waals surface area contributed by atoms with Gasteiger partial charge in [-0.25, -0.2) is 12.7 Å². The highest BCUT2D eigenvalue weighted by atomic mass is 35.5. The van der Waals surface area contributed by atoms with Gasteiger partial charge < -0.3 is 14.8 Å². The number of ether oxygens (including phenoxy) is 2. The maximum Gasteiger partial charge on any atom is 0.224 e. The fourth-order valence-electron chi connectivity index (χ4n) is 3.86. The van der Waals surface area contributed by atoms with Gasteiger partial charge in [-0.15, -0.1) is 0 Å². The number of amides is 1. The van der Waals surface area contributed by atoms with E-state index >= 15 is 0 Å². The average molecular weight is 499 g/mol. The molecule has 172 valence electrons. The number of carbonyl (C=O) groups is 1. The number of para-hydroxylation sites is 2. The summed E-state index contributed by atoms with van der Waals surface area (Å²) in [6.07, 6.45) is 0.941. The molecule has 0 aromatic heterocycles. The summed E-state index contributed by atoms with van der Waals surface area (Å²) in [7, 11) is -3.63. The van der Waals surface area contributed by atoms with Gasteiger partial charge >= 0.3 is 0 Å². The Morgan fingerprint density at radius 2 is 1.94 bits per heavy atom. The lowest BCUT2D eigenvalue weighted by molar-refractivity contribution is -0.126. The molecule has 2 aliphatic rings. The van der Waals surface area contributed by atoms with Crippen molar-refractivity contribution in [2.45, 2.75) is 24.7 Å². The minimum atomic E-state index is -3.63. The van der Waals surface area contributed by atoms with Crippen molar-refractivity contribution in [2.75, 3.05) is 26.2 Å². The van der Waals surface area contributed by atoms with Crippen LogP contribution in [0.3, 0.4) is 0 Å². The van der Waals surface area contributed by atoms with Gasteiger partial charge in [0.2, 0.25) is 15.9 Å². The summed E-state index contributed by atoms with van der Waals surface area (Å²) in [4.78, 5) is 12.7. The van der Waals surface area contributed by atoms with Crippen molar-refractivity contribution in [2.24, 2.45) is 5.92 Å². The molecule has 2 aromatic rings. The predicted molar refractivity (Wildman–Crippen MR) is 123 cm³/mol. The molecule has 1 amide bonds. The van der Waals surface area contributed by atoms with Crippen molar-refractivity contribution >= 4 is 39.1 Å². The molecule has 2 heterocycles. The first-order chi connectivity index (χ1) is 15.3. The second-order valence-corrected chi connectivity index (χ2v) is 10.7. The molecule has 0 bridgehead atoms. The third-order valence-electron chi connectivity index (χ3n) is 5.57. The van der Waals surface area contributed by atoms with E-state index in [0.29, 0.717) is 53.1 Å². The fourth-order valence-corrected chi connectivity index (χ4v) is 6.05. The van der Waals surface area contributed by atoms with Gasteiger partial charge in [-0.2, -0.15) is 0 Å². The number of nitrogens with zero attached hydrogens (tertiary/aromatic N) is 1. The monoisotopic (exact) mass is 498 g/mol. The Morgan fingerprint density at radius 1 is 1.16 bits per heavy atom. The molecule has 10 heteroatoms. The molecule has 4 rings (SSSR count). The largest absolute Gasteiger partial charge is 0.486 e. The van der Waals surface area contributed by atoms with Crippen LogP contribution in [0.5, 0.6) is 11.5 Å². The molecular weight excluding hydrogens is 475 g/mol. The van der Waals surface area contributed by atoms with Crippen molar-refractivity contribution in [3.63, 3.8) is 0 Å². The summed E-state index contributed by atoms with van der Waals surface area (Å²) in [5, 5.41) is 3.64. The number of nitrogens with one attached hydrogen (secondary N) is 1. The SMILES string of the molecule is O=C(NC[C@H]1COc2ccccc2O1)[C@H]1CCCN(S(=O)(=O)Cc2ccc(Cl)cc2Cl)C1. The van der Waals surface area contributed by atoms with Crippen molar-refractivity contribution in [1.82, 2.24) is 9.62 Å². The van der Waals surface area contributed by atoms with Crippen LogP contribution in [-0.4, -0.2) is 51.0 Å². The van der Waals surface area contributed by atoms with Gasteiger partial charge in [-0.05, 0) is 42.7 Å². The fraction of sp³-hybridized carbons (Fsp3) is 0.409. The van der Waals surface area contributed by atoms with Crippen LogP contribution in [0.1, 0.15) is 18.4 Å². The van der Waals surface area contributed by atoms with E-state index in [-0.39, 0.29) is 30.9 Å². The predicted octanol–water partition coefficient (Wildman–Crippen LogP) is 3.49. The number of hydrogen-bond acceptors (Lipinski definition) is 5. The molecule has 0 saturated carbocycles. The topological polar surface area (TPSA) is 84.9 Å². The minimum absolute atomic E-state index is 0.143. The highest BCUT2D eigenvalue weighted by molar-refractivity contribution is 7.88. The van der Waals surface area contributed by atoms with Crippen molar-refractivity contribution in [3.8, 4) is 11.5 Å². The third-order valence-corrected chi connectivity index (χ3v) is 7.95. The molecule has 1 saturated heterocycles. The Balaban J connectivity index is 1.32. The number of piperidine rings is 1. The van der Waals surface area contributed by atoms with Gasteiger partial charge in [-0.3, -0.25) is 4.79 Å². The summed E-state index contributed by atoms with van der Waals surface area (Å²) >= 11 is 12.0. The maximum atomic E-state index is 12.9. The lowest BCUT2D eigenvalue weighted by atomic mass is 9.99. The number of halogens is 2. The molecule has 0 unspecified atom stereocenters. The van der Waals surface area contributed by atoms with E-state index in [1.165, 1.54) is 10.4 Å². The molecule has 1 fully saturated rings. The van der Waals surface area contributed by atoms with Gasteiger partial charge in [0.1, 0.15) is 12.7 Å². The van der Waals surface area contributed by atoms with Crippen LogP contribution < -0.4 is 14.8 Å². The Kier molecular flexibility index (Phi) is 7.14. The van der Waals surface area contributed by atoms with Gasteiger partial charge in [0.25, 0.3) is 0 Å². The van der Waals surface area contributed by atoms with Crippen LogP contribution in [-0.2, 0) is 20.6 Å². The lowest BCUT2D eigenvalue weighted by Gasteiger charge is -2.32. The van der Waals surface area contributed by atoms with E-state index in [1.54, 1.807) is 12.1 Å². The first kappa shape index (κ1) is 23.2. The van der Waals surface area contributed by atoms with Gasteiger partial charge in [0.05, 0.1) is 18.2 Å². The molecule has 0 aliphatic carbocycles. The zero-order valence-electron chi connectivity index (χ0n) is 17.3. The van der Waals surface area contributed by atoms with Crippen LogP contribution in [0.15, 0.2) is 42.5 Å². The summed E-state index contributed by atoms with van der Waals surface area (Å²) in [6, 6.07) is 12.1. The second-order valence-electron chi connectivity index (χ2n) is 7.93. The zero-order chi connectivity index (χ0) is 22.7. The van der Waals surface area contributed by atoms with E-state index in [4.69, 9.17) is 32.7 Å². The highest BCUT2D eigenvalue weighted by Crippen LogP contribution is 2.31. The van der Waals surface area contributed by atoms with Gasteiger partial charge in [0, 0.05) is 23.1 Å². The summed E-state index contributed by atoms with van der Waals surface area (Å²) in [6.45, 7) is 1.15. The van der Waals surface area contributed by atoms with Crippen molar-refractivity contribution in [1.29, 1.82) is 0 Å². The van der Waals surface area contributed by atoms with E-state index in [1.807, 2.05) is 24.3 Å². The number of fused-ring (bicyclic) bond motifs is 1. The Hall–Kier alpha value is -2.00. The van der Waals surface area contributed by atoms with E-state index in [0.717, 1.165) is 0 Å². The summed E-state index contributed by atoms with van der Waals surface area (Å²) in [5.74, 6) is 0.495. The first-order valence-electron chi connectivity index (χ1n) is 10.4. The van der Waals surface area contributed by atoms with Crippen LogP contribution in [0.25, 0.3) is 0 Å². The smallest absolute Gasteiger partial charge is 0.224 e. The van der Waals surface area contributed by atoms with Crippen molar-refractivity contribution < 1.29 is 22.7 Å². The normalized spacial score (nSPS) is 21.2. The molecule has 1 N–H and O–H groups in total. The standard InChI is InChI=1S/C22H24Cl2N2O5S/c23-17-8-7-16(19(24)10-17)14-32(28,29)26-9-3-4-15(12-26)22(27)25-11-18-13-30-20-5-1-2-6-21(20)31-18/h1-2,5-8,10,15,18H,3-4,9,11-14H2,(H,25,27)/t15-,18-/m0/s1. The van der Waals surface area contributed by atoms with Crippen LogP contribution >= 0.6 is 23.2 Å². The quantitative estimate of drug-likeness (QED) is 0.658. The molecule has 2 aliphatic heterocycles. The number of carbonyl (C=O) groups excluding carboxylic acids is 1. The molecule has 2 atom stereocenters. The van der Waals surface area contributed by atoms with Crippen LogP contribution in [0.2, 0.25) is 10.0 Å². The second kappa shape index (κ2) is 9.87. The van der Waals surface area contributed by atoms with E-state index in [9.17, 15) is 13.2 Å². The minimum Gasteiger partial charge on any atom is -0.486 e. The highest BCUT2D eigenvalue weighted by Gasteiger charge is 2.33. The molecule has 7 nitrogen and oxygen atoms in total. The number of rotatable bonds is 6. The zero-order valence-corrected chi connectivity index (χ0v) is 19.6. The Labute approximate surface area is 197 Å². The van der Waals surface area contributed by atoms with Gasteiger partial charge in [-0.1, -0.05) is 41.4 Å². The van der Waals surface area contributed by atoms with E-state index in [2.05, 4.69) is 5.32 Å². The van der Waals surface area contributed by atoms with Crippen LogP contribution in [0.4, 0.5) is 0 Å². The Morgan fingerprint density at radius 3 is 2.72 bits per heavy atom. The van der Waals surface area contributed by atoms with Crippen LogP contribution in [0, 0.1) is 5.92 Å². The summed E-state index contributed by atoms with van der Waals surface area (Å²) < 4.78 is 38.8. The third kappa shape index (κ3) is 5.49. The van der Waals surface area contributed by atoms with Crippen molar-refractivity contribution in [3.05, 3.63) is 58.1 Å². The van der Waals surface area contributed by atoms with E-state index < -0.39 is 15.9 Å². The average Bonchev–Trinajstić information content (AvgIpc) is 2.79. The summed E-state index contributed by atoms with van der Waals surface area (Å²) in [5.41, 5.74) is 0.484. The molecule has 2 aromatic carbocycles. The van der Waals surface area contributed by atoms with Gasteiger partial charge in [0.15, 0.2) is 11.5 Å². The molecular formula is C22H24Cl2N2O5S. The lowest BCUT2D eigenvalue weighted by Crippen LogP contribution is -2.48. The number of hydrogen-bond donors (Lipinski definition) is 1. The molecule has 32 heavy (non-hydrogen) atoms. The number of sulfonamides is 1. The molecule has 0 spiro atoms. The first-order valence-corrected chi connectivity index (χ1v) is 12.8. The number of benzene rings is 2. The maximum absolute atomic E-state index is 12.9. The Bertz CT molecular complexity index is 1100.